The van der Waals surface area contributed by atoms with Gasteiger partial charge in [-0.3, -0.25) is 4.79 Å². The molecule has 1 aromatic heterocycles. The Bertz CT molecular complexity index is 1070. The molecule has 3 rings (SSSR count). The molecule has 1 aromatic carbocycles. The minimum atomic E-state index is -3.83. The second kappa shape index (κ2) is 10.1. The van der Waals surface area contributed by atoms with Gasteiger partial charge in [-0.1, -0.05) is 6.07 Å². The van der Waals surface area contributed by atoms with Gasteiger partial charge in [0.2, 0.25) is 15.9 Å². The van der Waals surface area contributed by atoms with E-state index in [9.17, 15) is 13.2 Å². The molecule has 0 spiro atoms. The van der Waals surface area contributed by atoms with Crippen LogP contribution >= 0.6 is 0 Å². The van der Waals surface area contributed by atoms with Crippen molar-refractivity contribution in [1.82, 2.24) is 14.6 Å². The van der Waals surface area contributed by atoms with Gasteiger partial charge in [-0.2, -0.15) is 9.57 Å². The summed E-state index contributed by atoms with van der Waals surface area (Å²) in [4.78, 5) is 19.0. The summed E-state index contributed by atoms with van der Waals surface area (Å²) >= 11 is 0. The number of pyridine rings is 1. The van der Waals surface area contributed by atoms with Crippen molar-refractivity contribution in [2.24, 2.45) is 0 Å². The van der Waals surface area contributed by atoms with E-state index in [0.717, 1.165) is 28.8 Å². The zero-order valence-corrected chi connectivity index (χ0v) is 19.2. The monoisotopic (exact) mass is 457 g/mol. The highest BCUT2D eigenvalue weighted by Crippen LogP contribution is 2.18. The molecule has 32 heavy (non-hydrogen) atoms. The Morgan fingerprint density at radius 2 is 1.88 bits per heavy atom. The van der Waals surface area contributed by atoms with Crippen LogP contribution in [0, 0.1) is 11.3 Å². The first-order valence-electron chi connectivity index (χ1n) is 10.3. The van der Waals surface area contributed by atoms with Crippen molar-refractivity contribution >= 4 is 21.7 Å². The van der Waals surface area contributed by atoms with Gasteiger partial charge in [0.25, 0.3) is 0 Å². The second-order valence-electron chi connectivity index (χ2n) is 7.86. The summed E-state index contributed by atoms with van der Waals surface area (Å²) in [5.41, 5.74) is 1.18. The lowest BCUT2D eigenvalue weighted by molar-refractivity contribution is -0.121. The number of morpholine rings is 1. The number of rotatable bonds is 7. The van der Waals surface area contributed by atoms with E-state index in [0.29, 0.717) is 5.56 Å². The smallest absolute Gasteiger partial charge is 0.243 e. The van der Waals surface area contributed by atoms with Crippen LogP contribution in [0.5, 0.6) is 0 Å². The highest BCUT2D eigenvalue weighted by molar-refractivity contribution is 7.89. The van der Waals surface area contributed by atoms with E-state index < -0.39 is 15.9 Å². The maximum Gasteiger partial charge on any atom is 0.243 e. The topological polar surface area (TPSA) is 116 Å². The van der Waals surface area contributed by atoms with E-state index in [-0.39, 0.29) is 30.2 Å². The summed E-state index contributed by atoms with van der Waals surface area (Å²) in [6.45, 7) is 5.53. The van der Waals surface area contributed by atoms with Crippen molar-refractivity contribution in [3.05, 3.63) is 53.7 Å². The molecule has 170 valence electrons. The van der Waals surface area contributed by atoms with E-state index in [1.54, 1.807) is 6.20 Å². The second-order valence-corrected chi connectivity index (χ2v) is 9.91. The molecule has 0 saturated carbocycles. The number of nitrogens with zero attached hydrogens (tertiary/aromatic N) is 4. The first-order valence-corrected chi connectivity index (χ1v) is 11.7. The lowest BCUT2D eigenvalue weighted by Crippen LogP contribution is -2.45. The molecular weight excluding hydrogens is 430 g/mol. The van der Waals surface area contributed by atoms with Gasteiger partial charge in [-0.15, -0.1) is 0 Å². The Morgan fingerprint density at radius 3 is 2.44 bits per heavy atom. The van der Waals surface area contributed by atoms with E-state index in [2.05, 4.69) is 15.2 Å². The number of benzene rings is 1. The molecule has 0 aliphatic carbocycles. The first kappa shape index (κ1) is 23.7. The summed E-state index contributed by atoms with van der Waals surface area (Å²) < 4.78 is 32.0. The van der Waals surface area contributed by atoms with Crippen molar-refractivity contribution in [2.45, 2.75) is 37.5 Å². The molecule has 1 N–H and O–H groups in total. The van der Waals surface area contributed by atoms with Crippen molar-refractivity contribution in [2.75, 3.05) is 31.6 Å². The number of sulfonamides is 1. The molecule has 2 unspecified atom stereocenters. The maximum absolute atomic E-state index is 12.6. The third kappa shape index (κ3) is 5.82. The van der Waals surface area contributed by atoms with Crippen molar-refractivity contribution in [3.63, 3.8) is 0 Å². The molecule has 1 saturated heterocycles. The number of nitrogens with one attached hydrogen (secondary N) is 1. The van der Waals surface area contributed by atoms with Crippen LogP contribution in [0.2, 0.25) is 0 Å². The summed E-state index contributed by atoms with van der Waals surface area (Å²) in [6, 6.07) is 11.3. The Morgan fingerprint density at radius 1 is 1.22 bits per heavy atom. The van der Waals surface area contributed by atoms with Gasteiger partial charge in [0.05, 0.1) is 35.3 Å². The minimum absolute atomic E-state index is 0.0262. The van der Waals surface area contributed by atoms with Gasteiger partial charge in [0.15, 0.2) is 0 Å². The van der Waals surface area contributed by atoms with Crippen LogP contribution in [-0.2, 0) is 26.1 Å². The zero-order chi connectivity index (χ0) is 23.3. The Kier molecular flexibility index (Phi) is 7.45. The number of anilines is 1. The Labute approximate surface area is 188 Å². The molecule has 2 aromatic rings. The number of aromatic nitrogens is 1. The lowest BCUT2D eigenvalue weighted by atomic mass is 10.2. The molecule has 9 nitrogen and oxygen atoms in total. The Balaban J connectivity index is 1.53. The molecule has 1 fully saturated rings. The number of likely N-dealkylation sites (N-methyl/N-ethyl adjacent to an activating group) is 1. The average molecular weight is 458 g/mol. The normalized spacial score (nSPS) is 18.9. The van der Waals surface area contributed by atoms with Gasteiger partial charge in [0.1, 0.15) is 5.82 Å². The predicted octanol–water partition coefficient (Wildman–Crippen LogP) is 1.50. The number of ether oxygens (including phenoxy) is 1. The third-order valence-corrected chi connectivity index (χ3v) is 6.92. The molecule has 10 heteroatoms. The third-order valence-electron chi connectivity index (χ3n) is 5.10. The standard InChI is InChI=1S/C22H27N5O4S/c1-16-13-27(14-17(2)31-16)21-9-6-19(11-24-21)12-25-22(28)15-26(3)32(29,30)20-7-4-18(10-23)5-8-20/h4-9,11,16-17H,12-15H2,1-3H3,(H,25,28). The SMILES string of the molecule is CC1CN(c2ccc(CNC(=O)CN(C)S(=O)(=O)c3ccc(C#N)cc3)cn2)CC(C)O1. The average Bonchev–Trinajstić information content (AvgIpc) is 2.77. The fraction of sp³-hybridized carbons (Fsp3) is 0.409. The molecule has 2 atom stereocenters. The van der Waals surface area contributed by atoms with Gasteiger partial charge in [-0.05, 0) is 49.7 Å². The number of carbonyl (C=O) groups excluding carboxylic acids is 1. The predicted molar refractivity (Wildman–Crippen MR) is 119 cm³/mol. The summed E-state index contributed by atoms with van der Waals surface area (Å²) in [6.07, 6.45) is 1.98. The van der Waals surface area contributed by atoms with Crippen LogP contribution < -0.4 is 10.2 Å². The van der Waals surface area contributed by atoms with Gasteiger partial charge in [0, 0.05) is 32.9 Å². The van der Waals surface area contributed by atoms with Crippen LogP contribution in [0.15, 0.2) is 47.5 Å². The van der Waals surface area contributed by atoms with Crippen LogP contribution in [0.1, 0.15) is 25.0 Å². The fourth-order valence-corrected chi connectivity index (χ4v) is 4.63. The lowest BCUT2D eigenvalue weighted by Gasteiger charge is -2.36. The molecule has 0 bridgehead atoms. The van der Waals surface area contributed by atoms with Crippen LogP contribution in [0.4, 0.5) is 5.82 Å². The van der Waals surface area contributed by atoms with E-state index in [4.69, 9.17) is 10.00 Å². The maximum atomic E-state index is 12.6. The van der Waals surface area contributed by atoms with E-state index in [1.165, 1.54) is 31.3 Å². The fourth-order valence-electron chi connectivity index (χ4n) is 3.50. The summed E-state index contributed by atoms with van der Waals surface area (Å²) in [7, 11) is -2.49. The largest absolute Gasteiger partial charge is 0.372 e. The van der Waals surface area contributed by atoms with E-state index in [1.807, 2.05) is 32.0 Å². The van der Waals surface area contributed by atoms with Gasteiger partial charge in [-0.25, -0.2) is 13.4 Å². The molecule has 1 aliphatic rings. The quantitative estimate of drug-likeness (QED) is 0.670. The zero-order valence-electron chi connectivity index (χ0n) is 18.4. The van der Waals surface area contributed by atoms with Gasteiger partial charge < -0.3 is 15.0 Å². The molecule has 2 heterocycles. The highest BCUT2D eigenvalue weighted by atomic mass is 32.2. The Hall–Kier alpha value is -3.00. The minimum Gasteiger partial charge on any atom is -0.372 e. The first-order chi connectivity index (χ1) is 15.2. The number of carbonyl (C=O) groups is 1. The molecule has 1 amide bonds. The molecule has 1 aliphatic heterocycles. The number of amides is 1. The molecular formula is C22H27N5O4S. The molecule has 0 radical (unpaired) electrons. The number of nitriles is 1. The summed E-state index contributed by atoms with van der Waals surface area (Å²) in [5.74, 6) is 0.431. The van der Waals surface area contributed by atoms with Gasteiger partial charge >= 0.3 is 0 Å². The summed E-state index contributed by atoms with van der Waals surface area (Å²) in [5, 5.41) is 11.6. The van der Waals surface area contributed by atoms with Crippen LogP contribution in [0.25, 0.3) is 0 Å². The number of hydrogen-bond donors (Lipinski definition) is 1. The van der Waals surface area contributed by atoms with Crippen molar-refractivity contribution in [1.29, 1.82) is 5.26 Å². The van der Waals surface area contributed by atoms with E-state index >= 15 is 0 Å². The number of hydrogen-bond acceptors (Lipinski definition) is 7. The highest BCUT2D eigenvalue weighted by Gasteiger charge is 2.24. The van der Waals surface area contributed by atoms with Crippen molar-refractivity contribution in [3.8, 4) is 6.07 Å². The van der Waals surface area contributed by atoms with Crippen LogP contribution in [-0.4, -0.2) is 62.5 Å². The van der Waals surface area contributed by atoms with Crippen molar-refractivity contribution < 1.29 is 17.9 Å². The van der Waals surface area contributed by atoms with Crippen LogP contribution in [0.3, 0.4) is 0 Å².